The van der Waals surface area contributed by atoms with Crippen molar-refractivity contribution in [3.05, 3.63) is 65.9 Å². The van der Waals surface area contributed by atoms with Gasteiger partial charge in [0.05, 0.1) is 12.2 Å². The van der Waals surface area contributed by atoms with Crippen molar-refractivity contribution in [2.45, 2.75) is 6.10 Å². The van der Waals surface area contributed by atoms with E-state index in [0.717, 1.165) is 17.5 Å². The van der Waals surface area contributed by atoms with E-state index in [9.17, 15) is 4.79 Å². The number of ketones is 1. The van der Waals surface area contributed by atoms with Gasteiger partial charge >= 0.3 is 0 Å². The lowest BCUT2D eigenvalue weighted by molar-refractivity contribution is 0.103. The number of rotatable bonds is 5. The lowest BCUT2D eigenvalue weighted by Crippen LogP contribution is -2.09. The molecule has 1 saturated heterocycles. The molecule has 0 N–H and O–H groups in total. The summed E-state index contributed by atoms with van der Waals surface area (Å²) in [5.74, 6) is 0.593. The van der Waals surface area contributed by atoms with Crippen molar-refractivity contribution in [2.24, 2.45) is 7.05 Å². The molecule has 1 atom stereocenters. The third-order valence-corrected chi connectivity index (χ3v) is 4.13. The Morgan fingerprint density at radius 1 is 1.17 bits per heavy atom. The summed E-state index contributed by atoms with van der Waals surface area (Å²) in [5.41, 5.74) is 2.33. The number of nitrogens with zero attached hydrogens (tertiary/aromatic N) is 1. The molecule has 116 valence electrons. The average Bonchev–Trinajstić information content (AvgIpc) is 3.35. The summed E-state index contributed by atoms with van der Waals surface area (Å²) >= 11 is 0. The highest BCUT2D eigenvalue weighted by atomic mass is 16.6. The van der Waals surface area contributed by atoms with E-state index < -0.39 is 0 Å². The molecule has 2 aromatic carbocycles. The number of hydrogen-bond donors (Lipinski definition) is 0. The number of hydrogen-bond acceptors (Lipinski definition) is 3. The number of epoxide rings is 1. The summed E-state index contributed by atoms with van der Waals surface area (Å²) < 4.78 is 12.9. The van der Waals surface area contributed by atoms with Crippen molar-refractivity contribution >= 4 is 16.7 Å². The summed E-state index contributed by atoms with van der Waals surface area (Å²) in [6, 6.07) is 15.2. The molecular formula is C19H17NO3. The molecule has 23 heavy (non-hydrogen) atoms. The molecule has 1 aliphatic rings. The zero-order chi connectivity index (χ0) is 15.8. The van der Waals surface area contributed by atoms with E-state index in [2.05, 4.69) is 0 Å². The molecule has 1 fully saturated rings. The SMILES string of the molecule is Cn1ccc2c(C(=O)c3ccccc3OCC3CO3)cccc21. The average molecular weight is 307 g/mol. The fourth-order valence-electron chi connectivity index (χ4n) is 2.77. The lowest BCUT2D eigenvalue weighted by atomic mass is 9.99. The number of para-hydroxylation sites is 1. The summed E-state index contributed by atoms with van der Waals surface area (Å²) in [4.78, 5) is 13.0. The Labute approximate surface area is 134 Å². The monoisotopic (exact) mass is 307 g/mol. The molecular weight excluding hydrogens is 290 g/mol. The zero-order valence-electron chi connectivity index (χ0n) is 12.9. The van der Waals surface area contributed by atoms with E-state index in [1.54, 1.807) is 0 Å². The van der Waals surface area contributed by atoms with Crippen molar-refractivity contribution in [1.29, 1.82) is 0 Å². The summed E-state index contributed by atoms with van der Waals surface area (Å²) in [5, 5.41) is 0.959. The fraction of sp³-hybridized carbons (Fsp3) is 0.211. The Kier molecular flexibility index (Phi) is 3.39. The van der Waals surface area contributed by atoms with Gasteiger partial charge in [0.2, 0.25) is 0 Å². The van der Waals surface area contributed by atoms with Crippen LogP contribution in [0, 0.1) is 0 Å². The van der Waals surface area contributed by atoms with Crippen LogP contribution in [0.4, 0.5) is 0 Å². The van der Waals surface area contributed by atoms with Crippen LogP contribution in [0.5, 0.6) is 5.75 Å². The van der Waals surface area contributed by atoms with Gasteiger partial charge in [-0.05, 0) is 24.3 Å². The van der Waals surface area contributed by atoms with Gasteiger partial charge in [-0.3, -0.25) is 4.79 Å². The third-order valence-electron chi connectivity index (χ3n) is 4.13. The molecule has 0 amide bonds. The van der Waals surface area contributed by atoms with Gasteiger partial charge in [-0.15, -0.1) is 0 Å². The van der Waals surface area contributed by atoms with Crippen LogP contribution in [0.1, 0.15) is 15.9 Å². The molecule has 4 heteroatoms. The minimum atomic E-state index is -0.0193. The smallest absolute Gasteiger partial charge is 0.197 e. The molecule has 4 rings (SSSR count). The lowest BCUT2D eigenvalue weighted by Gasteiger charge is -2.10. The molecule has 3 aromatic rings. The van der Waals surface area contributed by atoms with Crippen LogP contribution in [-0.4, -0.2) is 29.7 Å². The first-order valence-electron chi connectivity index (χ1n) is 7.66. The van der Waals surface area contributed by atoms with E-state index in [-0.39, 0.29) is 11.9 Å². The van der Waals surface area contributed by atoms with E-state index in [0.29, 0.717) is 23.5 Å². The van der Waals surface area contributed by atoms with Crippen molar-refractivity contribution in [3.8, 4) is 5.75 Å². The first kappa shape index (κ1) is 14.0. The first-order valence-corrected chi connectivity index (χ1v) is 7.66. The van der Waals surface area contributed by atoms with Crippen LogP contribution in [0.3, 0.4) is 0 Å². The van der Waals surface area contributed by atoms with Gasteiger partial charge in [-0.2, -0.15) is 0 Å². The van der Waals surface area contributed by atoms with E-state index >= 15 is 0 Å². The molecule has 0 saturated carbocycles. The second kappa shape index (κ2) is 5.56. The molecule has 0 radical (unpaired) electrons. The Bertz CT molecular complexity index is 877. The highest BCUT2D eigenvalue weighted by molar-refractivity contribution is 6.17. The van der Waals surface area contributed by atoms with Crippen LogP contribution in [0.25, 0.3) is 10.9 Å². The van der Waals surface area contributed by atoms with Crippen LogP contribution in [-0.2, 0) is 11.8 Å². The number of fused-ring (bicyclic) bond motifs is 1. The van der Waals surface area contributed by atoms with Gasteiger partial charge in [0.15, 0.2) is 5.78 Å². The first-order chi connectivity index (χ1) is 11.2. The minimum Gasteiger partial charge on any atom is -0.490 e. The molecule has 0 spiro atoms. The Hall–Kier alpha value is -2.59. The molecule has 0 bridgehead atoms. The van der Waals surface area contributed by atoms with Crippen molar-refractivity contribution in [3.63, 3.8) is 0 Å². The number of aryl methyl sites for hydroxylation is 1. The van der Waals surface area contributed by atoms with Crippen LogP contribution in [0.15, 0.2) is 54.7 Å². The Morgan fingerprint density at radius 2 is 1.96 bits per heavy atom. The Balaban J connectivity index is 1.73. The number of carbonyl (C=O) groups excluding carboxylic acids is 1. The van der Waals surface area contributed by atoms with Gasteiger partial charge < -0.3 is 14.0 Å². The van der Waals surface area contributed by atoms with E-state index in [4.69, 9.17) is 9.47 Å². The van der Waals surface area contributed by atoms with E-state index in [1.807, 2.05) is 66.3 Å². The normalized spacial score (nSPS) is 16.5. The van der Waals surface area contributed by atoms with Crippen molar-refractivity contribution < 1.29 is 14.3 Å². The summed E-state index contributed by atoms with van der Waals surface area (Å²) in [7, 11) is 1.98. The number of ether oxygens (including phenoxy) is 2. The van der Waals surface area contributed by atoms with Crippen LogP contribution >= 0.6 is 0 Å². The highest BCUT2D eigenvalue weighted by Crippen LogP contribution is 2.27. The molecule has 1 aromatic heterocycles. The van der Waals surface area contributed by atoms with Gasteiger partial charge in [-0.25, -0.2) is 0 Å². The predicted octanol–water partition coefficient (Wildman–Crippen LogP) is 3.19. The zero-order valence-corrected chi connectivity index (χ0v) is 12.9. The van der Waals surface area contributed by atoms with E-state index in [1.165, 1.54) is 0 Å². The van der Waals surface area contributed by atoms with Crippen LogP contribution < -0.4 is 4.74 Å². The van der Waals surface area contributed by atoms with Crippen molar-refractivity contribution in [2.75, 3.05) is 13.2 Å². The third kappa shape index (κ3) is 2.62. The topological polar surface area (TPSA) is 43.8 Å². The number of benzene rings is 2. The maximum Gasteiger partial charge on any atom is 0.197 e. The highest BCUT2D eigenvalue weighted by Gasteiger charge is 2.24. The van der Waals surface area contributed by atoms with Gasteiger partial charge in [0.1, 0.15) is 18.5 Å². The fourth-order valence-corrected chi connectivity index (χ4v) is 2.77. The van der Waals surface area contributed by atoms with Crippen molar-refractivity contribution in [1.82, 2.24) is 4.57 Å². The van der Waals surface area contributed by atoms with Gasteiger partial charge in [-0.1, -0.05) is 24.3 Å². The molecule has 2 heterocycles. The maximum atomic E-state index is 13.0. The molecule has 1 unspecified atom stereocenters. The summed E-state index contributed by atoms with van der Waals surface area (Å²) in [6.07, 6.45) is 2.13. The minimum absolute atomic E-state index is 0.0193. The largest absolute Gasteiger partial charge is 0.490 e. The Morgan fingerprint density at radius 3 is 2.78 bits per heavy atom. The molecule has 1 aliphatic heterocycles. The standard InChI is InChI=1S/C19H17NO3/c1-20-10-9-14-15(6-4-7-17(14)20)19(21)16-5-2-3-8-18(16)23-12-13-11-22-13/h2-10,13H,11-12H2,1H3. The second-order valence-electron chi connectivity index (χ2n) is 5.76. The number of aromatic nitrogens is 1. The predicted molar refractivity (Wildman–Crippen MR) is 88.0 cm³/mol. The molecule has 4 nitrogen and oxygen atoms in total. The quantitative estimate of drug-likeness (QED) is 0.537. The second-order valence-corrected chi connectivity index (χ2v) is 5.76. The van der Waals surface area contributed by atoms with Crippen LogP contribution in [0.2, 0.25) is 0 Å². The summed E-state index contributed by atoms with van der Waals surface area (Å²) in [6.45, 7) is 1.22. The maximum absolute atomic E-state index is 13.0. The number of carbonyl (C=O) groups is 1. The van der Waals surface area contributed by atoms with Gasteiger partial charge in [0.25, 0.3) is 0 Å². The molecule has 0 aliphatic carbocycles. The van der Waals surface area contributed by atoms with Gasteiger partial charge in [0, 0.05) is 29.7 Å².